The molecule has 1 aliphatic rings. The first-order chi connectivity index (χ1) is 11.0. The second-order valence-electron chi connectivity index (χ2n) is 6.18. The summed E-state index contributed by atoms with van der Waals surface area (Å²) in [5.74, 6) is 3.07. The van der Waals surface area contributed by atoms with E-state index in [-0.39, 0.29) is 5.25 Å². The standard InChI is InChI=1S/C16H28N4O2S/c1-5-14-17-13(18-22-14)11-19-7-9-20(10-8-19)16(21)15(12(3)4)23-6-2/h12,15H,5-11H2,1-4H3/t15-/m0/s1. The van der Waals surface area contributed by atoms with E-state index in [4.69, 9.17) is 4.52 Å². The Morgan fingerprint density at radius 3 is 2.48 bits per heavy atom. The normalized spacial score (nSPS) is 17.7. The Labute approximate surface area is 143 Å². The molecule has 7 heteroatoms. The Hall–Kier alpha value is -1.08. The molecular formula is C16H28N4O2S. The number of thioether (sulfide) groups is 1. The van der Waals surface area contributed by atoms with Crippen LogP contribution in [0.4, 0.5) is 0 Å². The molecule has 1 atom stereocenters. The van der Waals surface area contributed by atoms with Gasteiger partial charge >= 0.3 is 0 Å². The zero-order chi connectivity index (χ0) is 16.8. The van der Waals surface area contributed by atoms with Crippen molar-refractivity contribution in [2.75, 3.05) is 31.9 Å². The molecule has 0 unspecified atom stereocenters. The number of nitrogens with zero attached hydrogens (tertiary/aromatic N) is 4. The Morgan fingerprint density at radius 1 is 1.26 bits per heavy atom. The third-order valence-electron chi connectivity index (χ3n) is 4.06. The first kappa shape index (κ1) is 18.3. The summed E-state index contributed by atoms with van der Waals surface area (Å²) in [7, 11) is 0. The second kappa shape index (κ2) is 8.68. The number of carbonyl (C=O) groups is 1. The molecule has 1 aromatic heterocycles. The van der Waals surface area contributed by atoms with Crippen LogP contribution in [0.2, 0.25) is 0 Å². The number of amides is 1. The monoisotopic (exact) mass is 340 g/mol. The molecule has 0 aromatic carbocycles. The van der Waals surface area contributed by atoms with Crippen molar-refractivity contribution in [2.45, 2.75) is 45.9 Å². The van der Waals surface area contributed by atoms with Gasteiger partial charge in [-0.2, -0.15) is 4.98 Å². The van der Waals surface area contributed by atoms with Crippen molar-refractivity contribution >= 4 is 17.7 Å². The summed E-state index contributed by atoms with van der Waals surface area (Å²) in [5.41, 5.74) is 0. The van der Waals surface area contributed by atoms with Gasteiger partial charge in [-0.05, 0) is 11.7 Å². The summed E-state index contributed by atoms with van der Waals surface area (Å²) in [6, 6.07) is 0. The molecule has 1 saturated heterocycles. The minimum atomic E-state index is 0.0795. The number of hydrogen-bond acceptors (Lipinski definition) is 6. The zero-order valence-corrected chi connectivity index (χ0v) is 15.4. The highest BCUT2D eigenvalue weighted by atomic mass is 32.2. The van der Waals surface area contributed by atoms with Crippen molar-refractivity contribution < 1.29 is 9.32 Å². The van der Waals surface area contributed by atoms with E-state index in [1.54, 1.807) is 11.8 Å². The molecule has 1 amide bonds. The second-order valence-corrected chi connectivity index (χ2v) is 7.60. The average Bonchev–Trinajstić information content (AvgIpc) is 3.00. The Bertz CT molecular complexity index is 498. The highest BCUT2D eigenvalue weighted by Crippen LogP contribution is 2.22. The van der Waals surface area contributed by atoms with Crippen LogP contribution in [0.3, 0.4) is 0 Å². The predicted octanol–water partition coefficient (Wildman–Crippen LogP) is 2.05. The fourth-order valence-electron chi connectivity index (χ4n) is 2.73. The minimum absolute atomic E-state index is 0.0795. The van der Waals surface area contributed by atoms with Gasteiger partial charge in [0.05, 0.1) is 11.8 Å². The quantitative estimate of drug-likeness (QED) is 0.757. The van der Waals surface area contributed by atoms with Gasteiger partial charge in [0.1, 0.15) is 0 Å². The molecule has 130 valence electrons. The van der Waals surface area contributed by atoms with E-state index in [1.165, 1.54) is 0 Å². The maximum absolute atomic E-state index is 12.7. The van der Waals surface area contributed by atoms with Gasteiger partial charge in [-0.15, -0.1) is 11.8 Å². The van der Waals surface area contributed by atoms with Gasteiger partial charge in [0.25, 0.3) is 0 Å². The number of carbonyl (C=O) groups excluding carboxylic acids is 1. The Kier molecular flexibility index (Phi) is 6.89. The molecule has 0 aliphatic carbocycles. The van der Waals surface area contributed by atoms with Crippen LogP contribution in [0, 0.1) is 5.92 Å². The summed E-state index contributed by atoms with van der Waals surface area (Å²) in [5, 5.41) is 4.08. The van der Waals surface area contributed by atoms with Crippen LogP contribution in [0.1, 0.15) is 39.4 Å². The fraction of sp³-hybridized carbons (Fsp3) is 0.812. The molecule has 1 fully saturated rings. The maximum atomic E-state index is 12.7. The van der Waals surface area contributed by atoms with E-state index in [1.807, 2.05) is 11.8 Å². The van der Waals surface area contributed by atoms with Gasteiger partial charge in [-0.3, -0.25) is 9.69 Å². The SMILES string of the molecule is CCS[C@H](C(=O)N1CCN(Cc2noc(CC)n2)CC1)C(C)C. The summed E-state index contributed by atoms with van der Waals surface area (Å²) in [6.45, 7) is 12.4. The van der Waals surface area contributed by atoms with E-state index in [2.05, 4.69) is 35.8 Å². The summed E-state index contributed by atoms with van der Waals surface area (Å²) in [6.07, 6.45) is 0.765. The third kappa shape index (κ3) is 4.94. The van der Waals surface area contributed by atoms with Crippen LogP contribution in [-0.4, -0.2) is 63.0 Å². The lowest BCUT2D eigenvalue weighted by Crippen LogP contribution is -2.51. The van der Waals surface area contributed by atoms with Crippen molar-refractivity contribution in [1.29, 1.82) is 0 Å². The largest absolute Gasteiger partial charge is 0.339 e. The van der Waals surface area contributed by atoms with Crippen molar-refractivity contribution in [1.82, 2.24) is 19.9 Å². The van der Waals surface area contributed by atoms with Gasteiger partial charge in [0.15, 0.2) is 5.82 Å². The van der Waals surface area contributed by atoms with E-state index in [0.29, 0.717) is 24.3 Å². The molecule has 0 spiro atoms. The van der Waals surface area contributed by atoms with Crippen molar-refractivity contribution in [3.8, 4) is 0 Å². The van der Waals surface area contributed by atoms with Crippen LogP contribution < -0.4 is 0 Å². The lowest BCUT2D eigenvalue weighted by molar-refractivity contribution is -0.133. The third-order valence-corrected chi connectivity index (χ3v) is 5.50. The molecule has 0 radical (unpaired) electrons. The molecule has 23 heavy (non-hydrogen) atoms. The zero-order valence-electron chi connectivity index (χ0n) is 14.6. The summed E-state index contributed by atoms with van der Waals surface area (Å²) >= 11 is 1.76. The molecule has 1 aromatic rings. The number of aryl methyl sites for hydroxylation is 1. The summed E-state index contributed by atoms with van der Waals surface area (Å²) < 4.78 is 5.14. The fourth-order valence-corrected chi connectivity index (χ4v) is 3.77. The highest BCUT2D eigenvalue weighted by molar-refractivity contribution is 8.00. The number of rotatable bonds is 7. The van der Waals surface area contributed by atoms with Gasteiger partial charge in [-0.25, -0.2) is 0 Å². The van der Waals surface area contributed by atoms with Gasteiger partial charge in [0.2, 0.25) is 11.8 Å². The lowest BCUT2D eigenvalue weighted by atomic mass is 10.1. The summed E-state index contributed by atoms with van der Waals surface area (Å²) in [4.78, 5) is 21.3. The van der Waals surface area contributed by atoms with Gasteiger partial charge in [0, 0.05) is 32.6 Å². The lowest BCUT2D eigenvalue weighted by Gasteiger charge is -2.36. The predicted molar refractivity (Wildman–Crippen MR) is 92.3 cm³/mol. The first-order valence-electron chi connectivity index (χ1n) is 8.49. The smallest absolute Gasteiger partial charge is 0.236 e. The van der Waals surface area contributed by atoms with Crippen LogP contribution in [0.15, 0.2) is 4.52 Å². The van der Waals surface area contributed by atoms with E-state index in [0.717, 1.165) is 44.2 Å². The topological polar surface area (TPSA) is 62.5 Å². The van der Waals surface area contributed by atoms with Gasteiger partial charge < -0.3 is 9.42 Å². The molecule has 6 nitrogen and oxygen atoms in total. The van der Waals surface area contributed by atoms with Crippen molar-refractivity contribution in [3.05, 3.63) is 11.7 Å². The Balaban J connectivity index is 1.84. The highest BCUT2D eigenvalue weighted by Gasteiger charge is 2.29. The van der Waals surface area contributed by atoms with Crippen molar-refractivity contribution in [3.63, 3.8) is 0 Å². The number of piperazine rings is 1. The van der Waals surface area contributed by atoms with E-state index < -0.39 is 0 Å². The molecule has 0 saturated carbocycles. The van der Waals surface area contributed by atoms with Crippen LogP contribution in [-0.2, 0) is 17.8 Å². The average molecular weight is 340 g/mol. The maximum Gasteiger partial charge on any atom is 0.236 e. The van der Waals surface area contributed by atoms with E-state index >= 15 is 0 Å². The van der Waals surface area contributed by atoms with Crippen LogP contribution >= 0.6 is 11.8 Å². The minimum Gasteiger partial charge on any atom is -0.339 e. The molecule has 1 aliphatic heterocycles. The molecule has 0 bridgehead atoms. The van der Waals surface area contributed by atoms with Crippen LogP contribution in [0.5, 0.6) is 0 Å². The number of hydrogen-bond donors (Lipinski definition) is 0. The molecule has 2 heterocycles. The van der Waals surface area contributed by atoms with Crippen molar-refractivity contribution in [2.24, 2.45) is 5.92 Å². The number of aromatic nitrogens is 2. The molecular weight excluding hydrogens is 312 g/mol. The van der Waals surface area contributed by atoms with E-state index in [9.17, 15) is 4.79 Å². The van der Waals surface area contributed by atoms with Gasteiger partial charge in [-0.1, -0.05) is 32.9 Å². The van der Waals surface area contributed by atoms with Crippen LogP contribution in [0.25, 0.3) is 0 Å². The Morgan fingerprint density at radius 2 is 1.96 bits per heavy atom. The molecule has 0 N–H and O–H groups in total. The first-order valence-corrected chi connectivity index (χ1v) is 9.54. The molecule has 2 rings (SSSR count).